The van der Waals surface area contributed by atoms with Crippen LogP contribution in [0.15, 0.2) is 11.9 Å². The van der Waals surface area contributed by atoms with Crippen LogP contribution in [0.3, 0.4) is 0 Å². The first-order valence-electron chi connectivity index (χ1n) is 5.73. The molecule has 0 aromatic heterocycles. The van der Waals surface area contributed by atoms with E-state index in [1.165, 1.54) is 0 Å². The Bertz CT molecular complexity index is 481. The molecule has 26 heavy (non-hydrogen) atoms. The van der Waals surface area contributed by atoms with Crippen molar-refractivity contribution in [3.05, 3.63) is 11.9 Å². The molecule has 0 amide bonds. The van der Waals surface area contributed by atoms with Gasteiger partial charge in [0, 0.05) is 12.3 Å². The van der Waals surface area contributed by atoms with E-state index in [0.29, 0.717) is 0 Å². The first kappa shape index (κ1) is 24.6. The van der Waals surface area contributed by atoms with Crippen molar-refractivity contribution in [1.29, 1.82) is 0 Å². The van der Waals surface area contributed by atoms with Crippen molar-refractivity contribution in [2.75, 3.05) is 0 Å². The van der Waals surface area contributed by atoms with Crippen molar-refractivity contribution < 1.29 is 70.2 Å². The zero-order valence-corrected chi connectivity index (χ0v) is 11.4. The van der Waals surface area contributed by atoms with Crippen molar-refractivity contribution in [3.8, 4) is 0 Å². The predicted molar refractivity (Wildman–Crippen MR) is 50.0 cm³/mol. The standard InChI is InChI=1S/C10H4F16/c11-3(5(12)13)2(4(7(15,16)17)8(18,19)20)1-6(14,9(21,22)23)10(24,25)26/h2,4H,1H2. The summed E-state index contributed by atoms with van der Waals surface area (Å²) in [7, 11) is 0. The van der Waals surface area contributed by atoms with Gasteiger partial charge in [0.2, 0.25) is 0 Å². The van der Waals surface area contributed by atoms with Crippen LogP contribution in [-0.2, 0) is 0 Å². The topological polar surface area (TPSA) is 0 Å². The van der Waals surface area contributed by atoms with E-state index in [-0.39, 0.29) is 0 Å². The molecule has 16 heteroatoms. The van der Waals surface area contributed by atoms with Crippen LogP contribution >= 0.6 is 0 Å². The van der Waals surface area contributed by atoms with E-state index in [1.807, 2.05) is 0 Å². The fourth-order valence-electron chi connectivity index (χ4n) is 1.83. The van der Waals surface area contributed by atoms with E-state index >= 15 is 0 Å². The Balaban J connectivity index is 6.62. The van der Waals surface area contributed by atoms with E-state index in [0.717, 1.165) is 0 Å². The Kier molecular flexibility index (Phi) is 6.61. The number of rotatable bonds is 4. The van der Waals surface area contributed by atoms with Crippen LogP contribution < -0.4 is 0 Å². The van der Waals surface area contributed by atoms with Gasteiger partial charge in [-0.15, -0.1) is 0 Å². The van der Waals surface area contributed by atoms with Crippen LogP contribution in [0.2, 0.25) is 0 Å². The second-order valence-corrected chi connectivity index (χ2v) is 4.78. The second-order valence-electron chi connectivity index (χ2n) is 4.78. The highest BCUT2D eigenvalue weighted by Crippen LogP contribution is 2.55. The molecule has 1 unspecified atom stereocenters. The highest BCUT2D eigenvalue weighted by atomic mass is 19.4. The molecule has 0 bridgehead atoms. The summed E-state index contributed by atoms with van der Waals surface area (Å²) in [6, 6.07) is 0. The minimum absolute atomic E-state index is 3.90. The zero-order chi connectivity index (χ0) is 21.5. The van der Waals surface area contributed by atoms with Gasteiger partial charge in [-0.25, -0.2) is 8.78 Å². The van der Waals surface area contributed by atoms with Gasteiger partial charge in [-0.2, -0.15) is 61.5 Å². The molecular weight excluding hydrogens is 424 g/mol. The first-order valence-corrected chi connectivity index (χ1v) is 5.73. The Morgan fingerprint density at radius 2 is 0.885 bits per heavy atom. The Morgan fingerprint density at radius 3 is 1.08 bits per heavy atom. The summed E-state index contributed by atoms with van der Waals surface area (Å²) < 4.78 is 199. The molecule has 0 aliphatic carbocycles. The summed E-state index contributed by atoms with van der Waals surface area (Å²) in [5.74, 6) is -14.2. The minimum Gasteiger partial charge on any atom is -0.224 e. The zero-order valence-electron chi connectivity index (χ0n) is 11.4. The molecule has 0 spiro atoms. The van der Waals surface area contributed by atoms with E-state index in [1.54, 1.807) is 0 Å². The lowest BCUT2D eigenvalue weighted by molar-refractivity contribution is -0.355. The summed E-state index contributed by atoms with van der Waals surface area (Å²) in [6.07, 6.45) is -36.1. The molecule has 0 aromatic carbocycles. The molecule has 0 aliphatic heterocycles. The molecule has 0 rings (SSSR count). The summed E-state index contributed by atoms with van der Waals surface area (Å²) in [4.78, 5) is 0. The van der Waals surface area contributed by atoms with Crippen LogP contribution in [-0.4, -0.2) is 30.4 Å². The van der Waals surface area contributed by atoms with Crippen LogP contribution in [0, 0.1) is 11.8 Å². The SMILES string of the molecule is FC(F)=C(F)C(CC(F)(C(F)(F)F)C(F)(F)F)C(C(F)(F)F)C(F)(F)F. The first-order chi connectivity index (χ1) is 11.1. The van der Waals surface area contributed by atoms with Gasteiger partial charge >= 0.3 is 30.8 Å². The lowest BCUT2D eigenvalue weighted by Gasteiger charge is -2.36. The Hall–Kier alpha value is -1.38. The van der Waals surface area contributed by atoms with Gasteiger partial charge in [-0.3, -0.25) is 0 Å². The normalized spacial score (nSPS) is 16.0. The number of hydrogen-bond acceptors (Lipinski definition) is 0. The maximum Gasteiger partial charge on any atom is 0.431 e. The maximum atomic E-state index is 13.4. The fraction of sp³-hybridized carbons (Fsp3) is 0.800. The van der Waals surface area contributed by atoms with E-state index in [2.05, 4.69) is 0 Å². The average Bonchev–Trinajstić information content (AvgIpc) is 2.30. The molecule has 0 aliphatic rings. The van der Waals surface area contributed by atoms with Gasteiger partial charge in [0.1, 0.15) is 0 Å². The molecule has 0 aromatic rings. The smallest absolute Gasteiger partial charge is 0.224 e. The fourth-order valence-corrected chi connectivity index (χ4v) is 1.83. The highest BCUT2D eigenvalue weighted by Gasteiger charge is 2.75. The minimum atomic E-state index is -7.18. The maximum absolute atomic E-state index is 13.4. The monoisotopic (exact) mass is 428 g/mol. The summed E-state index contributed by atoms with van der Waals surface area (Å²) >= 11 is 0. The Morgan fingerprint density at radius 1 is 0.577 bits per heavy atom. The molecule has 0 heterocycles. The third kappa shape index (κ3) is 5.08. The van der Waals surface area contributed by atoms with Gasteiger partial charge < -0.3 is 0 Å². The van der Waals surface area contributed by atoms with E-state index in [4.69, 9.17) is 0 Å². The van der Waals surface area contributed by atoms with Gasteiger partial charge in [0.15, 0.2) is 11.7 Å². The number of halogens is 16. The number of allylic oxidation sites excluding steroid dienone is 1. The number of hydrogen-bond donors (Lipinski definition) is 0. The van der Waals surface area contributed by atoms with Crippen LogP contribution in [0.25, 0.3) is 0 Å². The molecular formula is C10H4F16. The largest absolute Gasteiger partial charge is 0.431 e. The van der Waals surface area contributed by atoms with Crippen LogP contribution in [0.1, 0.15) is 6.42 Å². The summed E-state index contributed by atoms with van der Waals surface area (Å²) in [5.41, 5.74) is -6.83. The molecule has 156 valence electrons. The second kappa shape index (κ2) is 6.98. The lowest BCUT2D eigenvalue weighted by atomic mass is 9.80. The van der Waals surface area contributed by atoms with E-state index < -0.39 is 60.5 Å². The van der Waals surface area contributed by atoms with Gasteiger partial charge in [0.25, 0.3) is 5.67 Å². The molecule has 0 saturated heterocycles. The van der Waals surface area contributed by atoms with Crippen LogP contribution in [0.5, 0.6) is 0 Å². The number of alkyl halides is 13. The van der Waals surface area contributed by atoms with Gasteiger partial charge in [-0.05, 0) is 0 Å². The van der Waals surface area contributed by atoms with Crippen molar-refractivity contribution in [2.45, 2.75) is 36.8 Å². The Labute approximate surface area is 132 Å². The molecule has 1 atom stereocenters. The molecule has 0 saturated carbocycles. The quantitative estimate of drug-likeness (QED) is 0.441. The van der Waals surface area contributed by atoms with Gasteiger partial charge in [0.05, 0.1) is 0 Å². The third-order valence-corrected chi connectivity index (χ3v) is 3.01. The highest BCUT2D eigenvalue weighted by molar-refractivity contribution is 5.09. The van der Waals surface area contributed by atoms with Crippen LogP contribution in [0.4, 0.5) is 70.2 Å². The van der Waals surface area contributed by atoms with Gasteiger partial charge in [-0.1, -0.05) is 0 Å². The lowest BCUT2D eigenvalue weighted by Crippen LogP contribution is -2.56. The van der Waals surface area contributed by atoms with Crippen molar-refractivity contribution in [2.24, 2.45) is 11.8 Å². The molecule has 0 fully saturated rings. The van der Waals surface area contributed by atoms with E-state index in [9.17, 15) is 70.2 Å². The third-order valence-electron chi connectivity index (χ3n) is 3.01. The average molecular weight is 428 g/mol. The molecule has 0 radical (unpaired) electrons. The molecule has 0 N–H and O–H groups in total. The van der Waals surface area contributed by atoms with Crippen molar-refractivity contribution in [1.82, 2.24) is 0 Å². The molecule has 0 nitrogen and oxygen atoms in total. The summed E-state index contributed by atoms with van der Waals surface area (Å²) in [5, 5.41) is 0. The summed E-state index contributed by atoms with van der Waals surface area (Å²) in [6.45, 7) is 0. The van der Waals surface area contributed by atoms with Crippen molar-refractivity contribution in [3.63, 3.8) is 0 Å². The predicted octanol–water partition coefficient (Wildman–Crippen LogP) is 6.64. The van der Waals surface area contributed by atoms with Crippen molar-refractivity contribution >= 4 is 0 Å².